The molecular formula is C13H18FNO. The molecule has 2 atom stereocenters. The van der Waals surface area contributed by atoms with E-state index in [-0.39, 0.29) is 11.9 Å². The topological polar surface area (TPSA) is 21.3 Å². The molecule has 1 aliphatic rings. The minimum atomic E-state index is -0.241. The second kappa shape index (κ2) is 5.30. The third-order valence-electron chi connectivity index (χ3n) is 3.16. The van der Waals surface area contributed by atoms with Gasteiger partial charge >= 0.3 is 0 Å². The summed E-state index contributed by atoms with van der Waals surface area (Å²) in [6.45, 7) is 0. The summed E-state index contributed by atoms with van der Waals surface area (Å²) in [6.07, 6.45) is 4.78. The van der Waals surface area contributed by atoms with E-state index in [1.807, 2.05) is 13.1 Å². The van der Waals surface area contributed by atoms with Gasteiger partial charge in [0, 0.05) is 12.1 Å². The van der Waals surface area contributed by atoms with E-state index in [0.29, 0.717) is 11.8 Å². The molecule has 0 spiro atoms. The lowest BCUT2D eigenvalue weighted by Crippen LogP contribution is -2.43. The highest BCUT2D eigenvalue weighted by Crippen LogP contribution is 2.24. The van der Waals surface area contributed by atoms with Crippen LogP contribution in [0.2, 0.25) is 0 Å². The van der Waals surface area contributed by atoms with E-state index >= 15 is 0 Å². The minimum absolute atomic E-state index is 0.167. The number of hydrogen-bond acceptors (Lipinski definition) is 2. The van der Waals surface area contributed by atoms with Crippen LogP contribution in [0.1, 0.15) is 25.7 Å². The fourth-order valence-corrected chi connectivity index (χ4v) is 2.28. The van der Waals surface area contributed by atoms with E-state index in [4.69, 9.17) is 4.74 Å². The highest BCUT2D eigenvalue weighted by Gasteiger charge is 2.25. The summed E-state index contributed by atoms with van der Waals surface area (Å²) in [5.41, 5.74) is 0. The molecule has 88 valence electrons. The Morgan fingerprint density at radius 3 is 2.88 bits per heavy atom. The number of rotatable bonds is 3. The lowest BCUT2D eigenvalue weighted by molar-refractivity contribution is 0.117. The molecule has 0 bridgehead atoms. The van der Waals surface area contributed by atoms with E-state index in [0.717, 1.165) is 12.8 Å². The molecule has 0 amide bonds. The van der Waals surface area contributed by atoms with Crippen LogP contribution in [0.25, 0.3) is 0 Å². The average molecular weight is 223 g/mol. The molecule has 1 N–H and O–H groups in total. The van der Waals surface area contributed by atoms with Gasteiger partial charge in [-0.25, -0.2) is 4.39 Å². The summed E-state index contributed by atoms with van der Waals surface area (Å²) in [7, 11) is 1.96. The van der Waals surface area contributed by atoms with E-state index in [1.54, 1.807) is 6.07 Å². The molecule has 16 heavy (non-hydrogen) atoms. The van der Waals surface area contributed by atoms with Gasteiger partial charge in [0.25, 0.3) is 0 Å². The van der Waals surface area contributed by atoms with Gasteiger partial charge in [-0.1, -0.05) is 12.5 Å². The molecule has 1 fully saturated rings. The first-order valence-electron chi connectivity index (χ1n) is 5.89. The second-order valence-corrected chi connectivity index (χ2v) is 4.29. The number of nitrogens with one attached hydrogen (secondary N) is 1. The van der Waals surface area contributed by atoms with Gasteiger partial charge in [0.1, 0.15) is 17.7 Å². The molecule has 1 saturated carbocycles. The van der Waals surface area contributed by atoms with Crippen molar-refractivity contribution in [1.82, 2.24) is 5.32 Å². The Labute approximate surface area is 95.8 Å². The molecule has 1 aromatic rings. The molecule has 2 nitrogen and oxygen atoms in total. The van der Waals surface area contributed by atoms with Crippen LogP contribution in [-0.4, -0.2) is 19.2 Å². The van der Waals surface area contributed by atoms with Gasteiger partial charge in [0.15, 0.2) is 0 Å². The van der Waals surface area contributed by atoms with E-state index in [9.17, 15) is 4.39 Å². The first-order valence-corrected chi connectivity index (χ1v) is 5.89. The Balaban J connectivity index is 2.02. The summed E-state index contributed by atoms with van der Waals surface area (Å²) in [6, 6.07) is 6.76. The molecule has 0 saturated heterocycles. The molecule has 1 aliphatic carbocycles. The molecule has 1 aromatic carbocycles. The van der Waals surface area contributed by atoms with Gasteiger partial charge in [-0.15, -0.1) is 0 Å². The van der Waals surface area contributed by atoms with Crippen LogP contribution in [0.4, 0.5) is 4.39 Å². The molecule has 0 aromatic heterocycles. The number of hydrogen-bond donors (Lipinski definition) is 1. The fourth-order valence-electron chi connectivity index (χ4n) is 2.28. The largest absolute Gasteiger partial charge is 0.489 e. The van der Waals surface area contributed by atoms with Crippen LogP contribution in [0.5, 0.6) is 5.75 Å². The summed E-state index contributed by atoms with van der Waals surface area (Å²) in [5.74, 6) is 0.390. The molecule has 2 unspecified atom stereocenters. The SMILES string of the molecule is CNC1CCCCC1Oc1cccc(F)c1. The molecule has 0 heterocycles. The third kappa shape index (κ3) is 2.73. The highest BCUT2D eigenvalue weighted by atomic mass is 19.1. The molecular weight excluding hydrogens is 205 g/mol. The zero-order valence-electron chi connectivity index (χ0n) is 9.58. The number of benzene rings is 1. The van der Waals surface area contributed by atoms with Crippen molar-refractivity contribution in [1.29, 1.82) is 0 Å². The van der Waals surface area contributed by atoms with Gasteiger partial charge in [-0.3, -0.25) is 0 Å². The monoisotopic (exact) mass is 223 g/mol. The smallest absolute Gasteiger partial charge is 0.126 e. The number of likely N-dealkylation sites (N-methyl/N-ethyl adjacent to an activating group) is 1. The van der Waals surface area contributed by atoms with Gasteiger partial charge in [0.05, 0.1) is 0 Å². The molecule has 3 heteroatoms. The van der Waals surface area contributed by atoms with Crippen molar-refractivity contribution in [2.75, 3.05) is 7.05 Å². The van der Waals surface area contributed by atoms with Crippen LogP contribution >= 0.6 is 0 Å². The molecule has 2 rings (SSSR count). The third-order valence-corrected chi connectivity index (χ3v) is 3.16. The van der Waals surface area contributed by atoms with Crippen LogP contribution in [-0.2, 0) is 0 Å². The fraction of sp³-hybridized carbons (Fsp3) is 0.538. The Hall–Kier alpha value is -1.09. The van der Waals surface area contributed by atoms with Crippen molar-refractivity contribution in [2.24, 2.45) is 0 Å². The van der Waals surface area contributed by atoms with Crippen LogP contribution in [0, 0.1) is 5.82 Å². The Kier molecular flexibility index (Phi) is 3.78. The molecule has 0 radical (unpaired) electrons. The molecule has 0 aliphatic heterocycles. The van der Waals surface area contributed by atoms with Crippen molar-refractivity contribution in [3.8, 4) is 5.75 Å². The summed E-state index contributed by atoms with van der Waals surface area (Å²) < 4.78 is 18.8. The van der Waals surface area contributed by atoms with Crippen molar-refractivity contribution in [3.63, 3.8) is 0 Å². The predicted molar refractivity (Wildman–Crippen MR) is 62.1 cm³/mol. The predicted octanol–water partition coefficient (Wildman–Crippen LogP) is 2.74. The minimum Gasteiger partial charge on any atom is -0.489 e. The zero-order chi connectivity index (χ0) is 11.4. The summed E-state index contributed by atoms with van der Waals surface area (Å²) in [4.78, 5) is 0. The Bertz CT molecular complexity index is 342. The standard InChI is InChI=1S/C13H18FNO/c1-15-12-7-2-3-8-13(12)16-11-6-4-5-10(14)9-11/h4-6,9,12-13,15H,2-3,7-8H2,1H3. The Morgan fingerprint density at radius 2 is 2.12 bits per heavy atom. The van der Waals surface area contributed by atoms with Gasteiger partial charge in [0.2, 0.25) is 0 Å². The van der Waals surface area contributed by atoms with E-state index in [1.165, 1.54) is 25.0 Å². The van der Waals surface area contributed by atoms with Crippen LogP contribution < -0.4 is 10.1 Å². The maximum Gasteiger partial charge on any atom is 0.126 e. The van der Waals surface area contributed by atoms with E-state index in [2.05, 4.69) is 5.32 Å². The zero-order valence-corrected chi connectivity index (χ0v) is 9.58. The van der Waals surface area contributed by atoms with E-state index < -0.39 is 0 Å². The van der Waals surface area contributed by atoms with Gasteiger partial charge in [-0.2, -0.15) is 0 Å². The van der Waals surface area contributed by atoms with Gasteiger partial charge < -0.3 is 10.1 Å². The number of halogens is 1. The summed E-state index contributed by atoms with van der Waals surface area (Å²) >= 11 is 0. The van der Waals surface area contributed by atoms with Crippen LogP contribution in [0.15, 0.2) is 24.3 Å². The lowest BCUT2D eigenvalue weighted by Gasteiger charge is -2.31. The van der Waals surface area contributed by atoms with Crippen molar-refractivity contribution < 1.29 is 9.13 Å². The van der Waals surface area contributed by atoms with Crippen molar-refractivity contribution in [3.05, 3.63) is 30.1 Å². The van der Waals surface area contributed by atoms with Gasteiger partial charge in [-0.05, 0) is 38.4 Å². The maximum atomic E-state index is 13.0. The number of ether oxygens (including phenoxy) is 1. The highest BCUT2D eigenvalue weighted by molar-refractivity contribution is 5.22. The first kappa shape index (κ1) is 11.4. The summed E-state index contributed by atoms with van der Waals surface area (Å²) in [5, 5.41) is 3.27. The second-order valence-electron chi connectivity index (χ2n) is 4.29. The maximum absolute atomic E-state index is 13.0. The quantitative estimate of drug-likeness (QED) is 0.850. The average Bonchev–Trinajstić information content (AvgIpc) is 2.30. The first-order chi connectivity index (χ1) is 7.79. The Morgan fingerprint density at radius 1 is 1.31 bits per heavy atom. The normalized spacial score (nSPS) is 25.4. The lowest BCUT2D eigenvalue weighted by atomic mass is 9.92. The van der Waals surface area contributed by atoms with Crippen molar-refractivity contribution >= 4 is 0 Å². The van der Waals surface area contributed by atoms with Crippen molar-refractivity contribution in [2.45, 2.75) is 37.8 Å². The van der Waals surface area contributed by atoms with Crippen LogP contribution in [0.3, 0.4) is 0 Å².